The van der Waals surface area contributed by atoms with Gasteiger partial charge in [-0.25, -0.2) is 9.13 Å². The van der Waals surface area contributed by atoms with Crippen molar-refractivity contribution < 1.29 is 4.57 Å². The van der Waals surface area contributed by atoms with Crippen molar-refractivity contribution in [2.75, 3.05) is 0 Å². The van der Waals surface area contributed by atoms with E-state index < -0.39 is 0 Å². The molecule has 1 heterocycles. The lowest BCUT2D eigenvalue weighted by atomic mass is 9.93. The fraction of sp³-hybridized carbons (Fsp3) is 0.824. The Morgan fingerprint density at radius 2 is 1.21 bits per heavy atom. The molecule has 0 spiro atoms. The minimum Gasteiger partial charge on any atom is -0.234 e. The molecule has 0 amide bonds. The normalized spacial score (nSPS) is 12.9. The maximum atomic E-state index is 2.41. The topological polar surface area (TPSA) is 8.81 Å². The van der Waals surface area contributed by atoms with Gasteiger partial charge in [-0.3, -0.25) is 0 Å². The molecule has 0 N–H and O–H groups in total. The largest absolute Gasteiger partial charge is 0.244 e. The minimum atomic E-state index is 0.584. The summed E-state index contributed by atoms with van der Waals surface area (Å²) in [5, 5.41) is 0. The summed E-state index contributed by atoms with van der Waals surface area (Å²) in [7, 11) is 0. The van der Waals surface area contributed by atoms with Gasteiger partial charge in [-0.15, -0.1) is 0 Å². The second-order valence-corrected chi connectivity index (χ2v) is 7.27. The average molecular weight is 265 g/mol. The lowest BCUT2D eigenvalue weighted by Gasteiger charge is -2.23. The van der Waals surface area contributed by atoms with E-state index in [1.54, 1.807) is 0 Å². The van der Waals surface area contributed by atoms with Crippen LogP contribution in [0.4, 0.5) is 0 Å². The van der Waals surface area contributed by atoms with Crippen LogP contribution in [0.15, 0.2) is 18.7 Å². The number of rotatable bonds is 6. The Morgan fingerprint density at radius 1 is 0.737 bits per heavy atom. The Balaban J connectivity index is 3.03. The number of nitrogens with zero attached hydrogens (tertiary/aromatic N) is 2. The molecule has 1 rings (SSSR count). The molecule has 0 aliphatic rings. The van der Waals surface area contributed by atoms with E-state index in [9.17, 15) is 0 Å². The van der Waals surface area contributed by atoms with Crippen molar-refractivity contribution in [2.45, 2.75) is 67.5 Å². The standard InChI is InChI=1S/C17H33N2/c1-12(2)16(13(3)4)18-9-10-19(11-18)17(14(5)6)15(7)8/h9-17H,1-8H3/q+1. The third-order valence-electron chi connectivity index (χ3n) is 4.10. The van der Waals surface area contributed by atoms with Gasteiger partial charge < -0.3 is 0 Å². The van der Waals surface area contributed by atoms with Gasteiger partial charge >= 0.3 is 0 Å². The van der Waals surface area contributed by atoms with Crippen LogP contribution in [0.2, 0.25) is 0 Å². The van der Waals surface area contributed by atoms with Gasteiger partial charge in [-0.1, -0.05) is 55.4 Å². The van der Waals surface area contributed by atoms with Gasteiger partial charge in [0.15, 0.2) is 0 Å². The monoisotopic (exact) mass is 265 g/mol. The predicted octanol–water partition coefficient (Wildman–Crippen LogP) is 4.48. The van der Waals surface area contributed by atoms with Crippen molar-refractivity contribution in [3.8, 4) is 0 Å². The van der Waals surface area contributed by atoms with Crippen LogP contribution in [-0.2, 0) is 0 Å². The quantitative estimate of drug-likeness (QED) is 0.671. The summed E-state index contributed by atoms with van der Waals surface area (Å²) in [6.07, 6.45) is 6.82. The molecule has 0 saturated carbocycles. The molecule has 0 fully saturated rings. The van der Waals surface area contributed by atoms with Crippen LogP contribution in [-0.4, -0.2) is 4.57 Å². The lowest BCUT2D eigenvalue weighted by molar-refractivity contribution is -0.735. The highest BCUT2D eigenvalue weighted by atomic mass is 15.2. The Labute approximate surface area is 119 Å². The highest BCUT2D eigenvalue weighted by molar-refractivity contribution is 4.80. The molecule has 2 nitrogen and oxygen atoms in total. The first-order valence-electron chi connectivity index (χ1n) is 7.83. The van der Waals surface area contributed by atoms with E-state index in [1.165, 1.54) is 0 Å². The average Bonchev–Trinajstić information content (AvgIpc) is 2.64. The SMILES string of the molecule is CC(C)C(C(C)C)n1cc[n+](C(C(C)C)C(C)C)c1. The molecule has 0 saturated heterocycles. The van der Waals surface area contributed by atoms with Crippen LogP contribution in [0.25, 0.3) is 0 Å². The highest BCUT2D eigenvalue weighted by Gasteiger charge is 2.28. The molecule has 1 aromatic heterocycles. The van der Waals surface area contributed by atoms with Crippen molar-refractivity contribution in [1.82, 2.24) is 4.57 Å². The fourth-order valence-electron chi connectivity index (χ4n) is 3.65. The molecule has 2 heteroatoms. The Morgan fingerprint density at radius 3 is 1.58 bits per heavy atom. The van der Waals surface area contributed by atoms with Gasteiger partial charge in [0.25, 0.3) is 0 Å². The van der Waals surface area contributed by atoms with Crippen LogP contribution in [0.1, 0.15) is 67.5 Å². The van der Waals surface area contributed by atoms with Crippen molar-refractivity contribution in [3.63, 3.8) is 0 Å². The first kappa shape index (κ1) is 16.3. The minimum absolute atomic E-state index is 0.584. The first-order chi connectivity index (χ1) is 8.75. The summed E-state index contributed by atoms with van der Waals surface area (Å²) in [4.78, 5) is 0. The molecule has 110 valence electrons. The Kier molecular flexibility index (Phi) is 5.64. The maximum Gasteiger partial charge on any atom is 0.244 e. The van der Waals surface area contributed by atoms with Crippen molar-refractivity contribution in [2.24, 2.45) is 23.7 Å². The summed E-state index contributed by atoms with van der Waals surface area (Å²) in [5.41, 5.74) is 0. The smallest absolute Gasteiger partial charge is 0.234 e. The molecular weight excluding hydrogens is 232 g/mol. The molecule has 0 aliphatic carbocycles. The van der Waals surface area contributed by atoms with Gasteiger partial charge in [0.05, 0.1) is 0 Å². The van der Waals surface area contributed by atoms with E-state index in [1.807, 2.05) is 0 Å². The second kappa shape index (κ2) is 6.58. The van der Waals surface area contributed by atoms with Crippen LogP contribution in [0.3, 0.4) is 0 Å². The van der Waals surface area contributed by atoms with Gasteiger partial charge in [0, 0.05) is 0 Å². The summed E-state index contributed by atoms with van der Waals surface area (Å²) < 4.78 is 4.82. The zero-order valence-electron chi connectivity index (χ0n) is 14.1. The molecular formula is C17H33N2+. The summed E-state index contributed by atoms with van der Waals surface area (Å²) >= 11 is 0. The zero-order chi connectivity index (χ0) is 14.7. The number of aromatic nitrogens is 2. The molecule has 0 bridgehead atoms. The molecule has 19 heavy (non-hydrogen) atoms. The number of hydrogen-bond acceptors (Lipinski definition) is 0. The summed E-state index contributed by atoms with van der Waals surface area (Å²) in [5.74, 6) is 2.66. The van der Waals surface area contributed by atoms with Gasteiger partial charge in [0.2, 0.25) is 6.33 Å². The van der Waals surface area contributed by atoms with E-state index >= 15 is 0 Å². The van der Waals surface area contributed by atoms with E-state index in [-0.39, 0.29) is 0 Å². The molecule has 0 unspecified atom stereocenters. The van der Waals surface area contributed by atoms with Crippen LogP contribution >= 0.6 is 0 Å². The zero-order valence-corrected chi connectivity index (χ0v) is 14.1. The third-order valence-corrected chi connectivity index (χ3v) is 4.10. The summed E-state index contributed by atoms with van der Waals surface area (Å²) in [6.45, 7) is 18.5. The molecule has 0 aliphatic heterocycles. The van der Waals surface area contributed by atoms with Crippen molar-refractivity contribution in [3.05, 3.63) is 18.7 Å². The predicted molar refractivity (Wildman–Crippen MR) is 82.1 cm³/mol. The van der Waals surface area contributed by atoms with E-state index in [0.717, 1.165) is 0 Å². The van der Waals surface area contributed by atoms with E-state index in [2.05, 4.69) is 83.2 Å². The fourth-order valence-corrected chi connectivity index (χ4v) is 3.65. The Hall–Kier alpha value is -0.790. The molecule has 0 radical (unpaired) electrons. The van der Waals surface area contributed by atoms with Gasteiger partial charge in [-0.2, -0.15) is 0 Å². The van der Waals surface area contributed by atoms with Crippen LogP contribution in [0.5, 0.6) is 0 Å². The molecule has 0 aromatic carbocycles. The van der Waals surface area contributed by atoms with Crippen molar-refractivity contribution in [1.29, 1.82) is 0 Å². The highest BCUT2D eigenvalue weighted by Crippen LogP contribution is 2.26. The number of hydrogen-bond donors (Lipinski definition) is 0. The lowest BCUT2D eigenvalue weighted by Crippen LogP contribution is -2.43. The first-order valence-corrected chi connectivity index (χ1v) is 7.83. The van der Waals surface area contributed by atoms with Crippen LogP contribution in [0, 0.1) is 23.7 Å². The van der Waals surface area contributed by atoms with Crippen LogP contribution < -0.4 is 4.57 Å². The number of imidazole rings is 1. The van der Waals surface area contributed by atoms with Gasteiger partial charge in [0.1, 0.15) is 24.5 Å². The Bertz CT molecular complexity index is 324. The van der Waals surface area contributed by atoms with Crippen molar-refractivity contribution >= 4 is 0 Å². The van der Waals surface area contributed by atoms with Gasteiger partial charge in [-0.05, 0) is 23.7 Å². The third kappa shape index (κ3) is 3.84. The molecule has 0 atom stereocenters. The molecule has 1 aromatic rings. The second-order valence-electron chi connectivity index (χ2n) is 7.27. The summed E-state index contributed by atoms with van der Waals surface area (Å²) in [6, 6.07) is 1.17. The van der Waals surface area contributed by atoms with E-state index in [0.29, 0.717) is 35.8 Å². The van der Waals surface area contributed by atoms with E-state index in [4.69, 9.17) is 0 Å². The maximum absolute atomic E-state index is 2.41.